The molecule has 0 fully saturated rings. The van der Waals surface area contributed by atoms with Crippen molar-refractivity contribution in [1.82, 2.24) is 0 Å². The molecule has 1 aromatic heterocycles. The van der Waals surface area contributed by atoms with E-state index in [4.69, 9.17) is 23.2 Å². The van der Waals surface area contributed by atoms with Crippen molar-refractivity contribution in [1.29, 1.82) is 0 Å². The maximum Gasteiger partial charge on any atom is 0.225 e. The Kier molecular flexibility index (Phi) is 2.02. The van der Waals surface area contributed by atoms with Gasteiger partial charge in [-0.2, -0.15) is 4.73 Å². The Bertz CT molecular complexity index is 470. The molecule has 66 valence electrons. The Morgan fingerprint density at radius 2 is 1.85 bits per heavy atom. The largest absolute Gasteiger partial charge is 0.618 e. The van der Waals surface area contributed by atoms with Crippen molar-refractivity contribution in [3.05, 3.63) is 45.7 Å². The molecule has 4 heteroatoms. The Labute approximate surface area is 84.9 Å². The first-order valence-corrected chi connectivity index (χ1v) is 4.41. The highest BCUT2D eigenvalue weighted by atomic mass is 35.5. The molecular formula is C9H5Cl2NO. The van der Waals surface area contributed by atoms with Crippen LogP contribution in [-0.4, -0.2) is 0 Å². The van der Waals surface area contributed by atoms with Crippen molar-refractivity contribution >= 4 is 34.1 Å². The summed E-state index contributed by atoms with van der Waals surface area (Å²) in [6.07, 6.45) is 1.42. The molecule has 0 spiro atoms. The summed E-state index contributed by atoms with van der Waals surface area (Å²) < 4.78 is 0.761. The highest BCUT2D eigenvalue weighted by molar-refractivity contribution is 6.42. The van der Waals surface area contributed by atoms with E-state index in [2.05, 4.69) is 0 Å². The molecule has 2 aromatic rings. The molecule has 0 radical (unpaired) electrons. The molecule has 2 nitrogen and oxygen atoms in total. The second kappa shape index (κ2) is 3.05. The Morgan fingerprint density at radius 1 is 1.15 bits per heavy atom. The van der Waals surface area contributed by atoms with E-state index in [9.17, 15) is 5.21 Å². The van der Waals surface area contributed by atoms with Crippen molar-refractivity contribution in [2.24, 2.45) is 0 Å². The predicted molar refractivity (Wildman–Crippen MR) is 52.9 cm³/mol. The number of hydrogen-bond acceptors (Lipinski definition) is 1. The molecule has 1 heterocycles. The topological polar surface area (TPSA) is 26.9 Å². The minimum absolute atomic E-state index is 0.393. The second-order valence-corrected chi connectivity index (χ2v) is 3.47. The summed E-state index contributed by atoms with van der Waals surface area (Å²) in [7, 11) is 0. The summed E-state index contributed by atoms with van der Waals surface area (Å²) >= 11 is 11.6. The molecule has 0 bridgehead atoms. The number of benzene rings is 1. The predicted octanol–water partition coefficient (Wildman–Crippen LogP) is 2.78. The first-order valence-electron chi connectivity index (χ1n) is 3.65. The minimum Gasteiger partial charge on any atom is -0.618 e. The normalized spacial score (nSPS) is 10.6. The summed E-state index contributed by atoms with van der Waals surface area (Å²) in [4.78, 5) is 0. The summed E-state index contributed by atoms with van der Waals surface area (Å²) in [6, 6.07) is 6.71. The van der Waals surface area contributed by atoms with E-state index in [1.54, 1.807) is 18.2 Å². The van der Waals surface area contributed by atoms with Crippen LogP contribution < -0.4 is 4.73 Å². The van der Waals surface area contributed by atoms with E-state index in [-0.39, 0.29) is 0 Å². The molecule has 0 saturated heterocycles. The first kappa shape index (κ1) is 8.60. The third-order valence-corrected chi connectivity index (χ3v) is 2.53. The lowest BCUT2D eigenvalue weighted by atomic mass is 10.2. The van der Waals surface area contributed by atoms with Gasteiger partial charge in [0.25, 0.3) is 0 Å². The summed E-state index contributed by atoms with van der Waals surface area (Å²) in [5.41, 5.74) is 0.525. The zero-order valence-electron chi connectivity index (χ0n) is 6.50. The van der Waals surface area contributed by atoms with Gasteiger partial charge in [0.1, 0.15) is 0 Å². The number of hydrogen-bond donors (Lipinski definition) is 0. The van der Waals surface area contributed by atoms with Crippen LogP contribution in [0.15, 0.2) is 30.5 Å². The van der Waals surface area contributed by atoms with Crippen LogP contribution in [0.2, 0.25) is 10.0 Å². The molecule has 0 saturated carbocycles. The third-order valence-electron chi connectivity index (χ3n) is 1.80. The summed E-state index contributed by atoms with van der Waals surface area (Å²) in [6.45, 7) is 0. The van der Waals surface area contributed by atoms with Gasteiger partial charge < -0.3 is 5.21 Å². The quantitative estimate of drug-likeness (QED) is 0.489. The first-order chi connectivity index (χ1) is 6.18. The molecule has 1 aromatic carbocycles. The molecule has 0 aliphatic carbocycles. The molecule has 0 N–H and O–H groups in total. The Morgan fingerprint density at radius 3 is 2.62 bits per heavy atom. The van der Waals surface area contributed by atoms with Gasteiger partial charge in [-0.15, -0.1) is 0 Å². The lowest BCUT2D eigenvalue weighted by Crippen LogP contribution is -2.25. The molecule has 13 heavy (non-hydrogen) atoms. The number of pyridine rings is 1. The third kappa shape index (κ3) is 1.43. The molecule has 0 unspecified atom stereocenters. The number of nitrogens with zero attached hydrogens (tertiary/aromatic N) is 1. The van der Waals surface area contributed by atoms with Crippen LogP contribution in [-0.2, 0) is 0 Å². The van der Waals surface area contributed by atoms with Crippen LogP contribution in [0.3, 0.4) is 0 Å². The van der Waals surface area contributed by atoms with E-state index >= 15 is 0 Å². The zero-order valence-corrected chi connectivity index (χ0v) is 8.01. The van der Waals surface area contributed by atoms with Crippen LogP contribution in [0.5, 0.6) is 0 Å². The van der Waals surface area contributed by atoms with Crippen LogP contribution in [0.4, 0.5) is 0 Å². The maximum atomic E-state index is 11.3. The monoisotopic (exact) mass is 213 g/mol. The van der Waals surface area contributed by atoms with Crippen molar-refractivity contribution in [3.63, 3.8) is 0 Å². The van der Waals surface area contributed by atoms with Crippen LogP contribution in [0, 0.1) is 5.21 Å². The molecule has 0 amide bonds. The minimum atomic E-state index is 0.393. The van der Waals surface area contributed by atoms with Gasteiger partial charge in [0, 0.05) is 17.5 Å². The van der Waals surface area contributed by atoms with Gasteiger partial charge in [-0.25, -0.2) is 0 Å². The van der Waals surface area contributed by atoms with Gasteiger partial charge in [0.2, 0.25) is 5.52 Å². The van der Waals surface area contributed by atoms with Crippen LogP contribution in [0.1, 0.15) is 0 Å². The van der Waals surface area contributed by atoms with Gasteiger partial charge >= 0.3 is 0 Å². The van der Waals surface area contributed by atoms with E-state index < -0.39 is 0 Å². The van der Waals surface area contributed by atoms with Crippen LogP contribution in [0.25, 0.3) is 10.9 Å². The molecule has 0 aliphatic heterocycles. The SMILES string of the molecule is [O-][n+]1cccc2cc(Cl)c(Cl)cc21. The van der Waals surface area contributed by atoms with Crippen molar-refractivity contribution in [2.75, 3.05) is 0 Å². The Balaban J connectivity index is 2.89. The molecule has 2 rings (SSSR count). The summed E-state index contributed by atoms with van der Waals surface area (Å²) in [5.74, 6) is 0. The lowest BCUT2D eigenvalue weighted by Gasteiger charge is -2.01. The van der Waals surface area contributed by atoms with Crippen molar-refractivity contribution in [2.45, 2.75) is 0 Å². The smallest absolute Gasteiger partial charge is 0.225 e. The molecule has 0 atom stereocenters. The van der Waals surface area contributed by atoms with Gasteiger partial charge in [-0.3, -0.25) is 0 Å². The fourth-order valence-corrected chi connectivity index (χ4v) is 1.51. The van der Waals surface area contributed by atoms with E-state index in [0.717, 1.165) is 10.1 Å². The van der Waals surface area contributed by atoms with Gasteiger partial charge in [-0.05, 0) is 12.1 Å². The number of halogens is 2. The van der Waals surface area contributed by atoms with E-state index in [1.807, 2.05) is 6.07 Å². The average Bonchev–Trinajstić information content (AvgIpc) is 2.09. The fraction of sp³-hybridized carbons (Fsp3) is 0. The average molecular weight is 214 g/mol. The lowest BCUT2D eigenvalue weighted by molar-refractivity contribution is -0.577. The number of fused-ring (bicyclic) bond motifs is 1. The fourth-order valence-electron chi connectivity index (χ4n) is 1.18. The molecular weight excluding hydrogens is 209 g/mol. The second-order valence-electron chi connectivity index (χ2n) is 2.66. The maximum absolute atomic E-state index is 11.3. The highest BCUT2D eigenvalue weighted by Gasteiger charge is 2.06. The summed E-state index contributed by atoms with van der Waals surface area (Å²) in [5, 5.41) is 12.9. The Hall–Kier alpha value is -0.990. The van der Waals surface area contributed by atoms with Gasteiger partial charge in [0.15, 0.2) is 6.20 Å². The van der Waals surface area contributed by atoms with Gasteiger partial charge in [0.05, 0.1) is 10.0 Å². The van der Waals surface area contributed by atoms with Crippen molar-refractivity contribution in [3.8, 4) is 0 Å². The van der Waals surface area contributed by atoms with Gasteiger partial charge in [-0.1, -0.05) is 23.2 Å². The van der Waals surface area contributed by atoms with E-state index in [0.29, 0.717) is 15.6 Å². The zero-order chi connectivity index (χ0) is 9.42. The van der Waals surface area contributed by atoms with Crippen LogP contribution >= 0.6 is 23.2 Å². The van der Waals surface area contributed by atoms with Crippen molar-refractivity contribution < 1.29 is 4.73 Å². The number of rotatable bonds is 0. The highest BCUT2D eigenvalue weighted by Crippen LogP contribution is 2.25. The van der Waals surface area contributed by atoms with E-state index in [1.165, 1.54) is 6.20 Å². The molecule has 0 aliphatic rings. The number of aromatic nitrogens is 1. The standard InChI is InChI=1S/C9H5Cl2NO/c10-7-4-6-2-1-3-12(13)9(6)5-8(7)11/h1-5H.